The lowest BCUT2D eigenvalue weighted by molar-refractivity contribution is -0.141. The molecule has 0 saturated heterocycles. The number of rotatable bonds is 5. The van der Waals surface area contributed by atoms with E-state index in [1.165, 1.54) is 6.42 Å². The smallest absolute Gasteiger partial charge is 0.314 e. The van der Waals surface area contributed by atoms with Crippen LogP contribution in [0.4, 0.5) is 0 Å². The molecule has 0 atom stereocenters. The molecule has 27 heavy (non-hydrogen) atoms. The highest BCUT2D eigenvalue weighted by molar-refractivity contribution is 5.76. The average Bonchev–Trinajstić information content (AvgIpc) is 2.70. The average molecular weight is 373 g/mol. The van der Waals surface area contributed by atoms with Crippen LogP contribution in [0.15, 0.2) is 24.3 Å². The first-order valence-corrected chi connectivity index (χ1v) is 10.6. The summed E-state index contributed by atoms with van der Waals surface area (Å²) in [6.45, 7) is 4.45. The van der Waals surface area contributed by atoms with Crippen molar-refractivity contribution < 1.29 is 19.1 Å². The van der Waals surface area contributed by atoms with Gasteiger partial charge in [0.05, 0.1) is 11.8 Å². The summed E-state index contributed by atoms with van der Waals surface area (Å²) in [5, 5.41) is 0. The second-order valence-corrected chi connectivity index (χ2v) is 8.40. The number of esters is 2. The second-order valence-electron chi connectivity index (χ2n) is 8.40. The van der Waals surface area contributed by atoms with Crippen LogP contribution in [0.3, 0.4) is 0 Å². The van der Waals surface area contributed by atoms with Crippen LogP contribution in [0, 0.1) is 23.7 Å². The fourth-order valence-electron chi connectivity index (χ4n) is 4.28. The van der Waals surface area contributed by atoms with Crippen LogP contribution >= 0.6 is 0 Å². The summed E-state index contributed by atoms with van der Waals surface area (Å²) in [4.78, 5) is 24.6. The van der Waals surface area contributed by atoms with Crippen LogP contribution in [-0.2, 0) is 9.59 Å². The van der Waals surface area contributed by atoms with E-state index in [0.29, 0.717) is 17.4 Å². The molecule has 2 aliphatic carbocycles. The van der Waals surface area contributed by atoms with E-state index in [1.807, 2.05) is 0 Å². The van der Waals surface area contributed by atoms with Crippen LogP contribution in [-0.4, -0.2) is 11.9 Å². The molecule has 0 amide bonds. The standard InChI is InChI=1S/C23H32O4/c1-3-17-6-10-19(11-7-17)23(25)27-21-14-12-20(13-15-21)26-22(24)18-8-4-16(2)5-9-18/h12-19H,3-11H2,1-2H3. The maximum Gasteiger partial charge on any atom is 0.314 e. The van der Waals surface area contributed by atoms with E-state index in [1.54, 1.807) is 24.3 Å². The predicted octanol–water partition coefficient (Wildman–Crippen LogP) is 5.54. The predicted molar refractivity (Wildman–Crippen MR) is 105 cm³/mol. The Morgan fingerprint density at radius 1 is 0.778 bits per heavy atom. The third kappa shape index (κ3) is 5.57. The fraction of sp³-hybridized carbons (Fsp3) is 0.652. The molecule has 4 heteroatoms. The summed E-state index contributed by atoms with van der Waals surface area (Å²) in [5.41, 5.74) is 0. The Bertz CT molecular complexity index is 620. The van der Waals surface area contributed by atoms with Gasteiger partial charge in [-0.1, -0.05) is 20.3 Å². The fourth-order valence-corrected chi connectivity index (χ4v) is 4.28. The zero-order chi connectivity index (χ0) is 19.2. The molecule has 2 saturated carbocycles. The molecule has 4 nitrogen and oxygen atoms in total. The molecule has 0 aromatic heterocycles. The van der Waals surface area contributed by atoms with Crippen molar-refractivity contribution in [3.05, 3.63) is 24.3 Å². The van der Waals surface area contributed by atoms with E-state index in [4.69, 9.17) is 9.47 Å². The Morgan fingerprint density at radius 2 is 1.19 bits per heavy atom. The van der Waals surface area contributed by atoms with Gasteiger partial charge in [-0.15, -0.1) is 0 Å². The van der Waals surface area contributed by atoms with Gasteiger partial charge in [0.1, 0.15) is 11.5 Å². The highest BCUT2D eigenvalue weighted by Gasteiger charge is 2.27. The highest BCUT2D eigenvalue weighted by atomic mass is 16.5. The lowest BCUT2D eigenvalue weighted by Gasteiger charge is -2.26. The Balaban J connectivity index is 1.47. The van der Waals surface area contributed by atoms with Gasteiger partial charge in [0.25, 0.3) is 0 Å². The van der Waals surface area contributed by atoms with E-state index >= 15 is 0 Å². The maximum atomic E-state index is 12.4. The summed E-state index contributed by atoms with van der Waals surface area (Å²) < 4.78 is 11.0. The number of carbonyl (C=O) groups is 2. The topological polar surface area (TPSA) is 52.6 Å². The molecule has 148 valence electrons. The van der Waals surface area contributed by atoms with Gasteiger partial charge < -0.3 is 9.47 Å². The van der Waals surface area contributed by atoms with Crippen molar-refractivity contribution in [2.45, 2.75) is 71.6 Å². The largest absolute Gasteiger partial charge is 0.426 e. The van der Waals surface area contributed by atoms with Gasteiger partial charge in [-0.3, -0.25) is 9.59 Å². The van der Waals surface area contributed by atoms with Crippen LogP contribution in [0.5, 0.6) is 11.5 Å². The van der Waals surface area contributed by atoms with Crippen LogP contribution in [0.2, 0.25) is 0 Å². The highest BCUT2D eigenvalue weighted by Crippen LogP contribution is 2.32. The van der Waals surface area contributed by atoms with Crippen molar-refractivity contribution in [2.75, 3.05) is 0 Å². The van der Waals surface area contributed by atoms with E-state index in [0.717, 1.165) is 57.3 Å². The number of ether oxygens (including phenoxy) is 2. The first-order chi connectivity index (χ1) is 13.0. The van der Waals surface area contributed by atoms with Gasteiger partial charge in [-0.25, -0.2) is 0 Å². The summed E-state index contributed by atoms with van der Waals surface area (Å²) in [6.07, 6.45) is 9.29. The Labute approximate surface area is 162 Å². The van der Waals surface area contributed by atoms with Crippen LogP contribution < -0.4 is 9.47 Å². The maximum absolute atomic E-state index is 12.4. The quantitative estimate of drug-likeness (QED) is 0.503. The van der Waals surface area contributed by atoms with Crippen LogP contribution in [0.25, 0.3) is 0 Å². The van der Waals surface area contributed by atoms with E-state index < -0.39 is 0 Å². The summed E-state index contributed by atoms with van der Waals surface area (Å²) >= 11 is 0. The monoisotopic (exact) mass is 372 g/mol. The minimum Gasteiger partial charge on any atom is -0.426 e. The SMILES string of the molecule is CCC1CCC(C(=O)Oc2ccc(OC(=O)C3CCC(C)CC3)cc2)CC1. The first-order valence-electron chi connectivity index (χ1n) is 10.6. The first kappa shape index (κ1) is 19.9. The number of hydrogen-bond acceptors (Lipinski definition) is 4. The normalized spacial score (nSPS) is 28.4. The molecule has 0 unspecified atom stereocenters. The van der Waals surface area contributed by atoms with E-state index in [9.17, 15) is 9.59 Å². The van der Waals surface area contributed by atoms with Crippen LogP contribution in [0.1, 0.15) is 71.6 Å². The molecule has 2 fully saturated rings. The van der Waals surface area contributed by atoms with Gasteiger partial charge in [0.2, 0.25) is 0 Å². The molecule has 0 N–H and O–H groups in total. The molecule has 3 rings (SSSR count). The Kier molecular flexibility index (Phi) is 6.92. The minimum absolute atomic E-state index is 0.0111. The molecule has 0 aliphatic heterocycles. The van der Waals surface area contributed by atoms with Gasteiger partial charge in [-0.2, -0.15) is 0 Å². The molecular weight excluding hydrogens is 340 g/mol. The minimum atomic E-state index is -0.140. The van der Waals surface area contributed by atoms with Crippen molar-refractivity contribution in [1.82, 2.24) is 0 Å². The van der Waals surface area contributed by atoms with E-state index in [2.05, 4.69) is 13.8 Å². The molecule has 0 heterocycles. The summed E-state index contributed by atoms with van der Waals surface area (Å²) in [5.74, 6) is 2.25. The summed E-state index contributed by atoms with van der Waals surface area (Å²) in [7, 11) is 0. The Hall–Kier alpha value is -1.84. The van der Waals surface area contributed by atoms with Crippen molar-refractivity contribution >= 4 is 11.9 Å². The van der Waals surface area contributed by atoms with Crippen molar-refractivity contribution in [3.8, 4) is 11.5 Å². The van der Waals surface area contributed by atoms with Gasteiger partial charge in [0.15, 0.2) is 0 Å². The number of benzene rings is 1. The van der Waals surface area contributed by atoms with Gasteiger partial charge in [0, 0.05) is 0 Å². The Morgan fingerprint density at radius 3 is 1.59 bits per heavy atom. The number of hydrogen-bond donors (Lipinski definition) is 0. The molecular formula is C23H32O4. The zero-order valence-corrected chi connectivity index (χ0v) is 16.6. The van der Waals surface area contributed by atoms with Crippen molar-refractivity contribution in [3.63, 3.8) is 0 Å². The molecule has 1 aromatic carbocycles. The zero-order valence-electron chi connectivity index (χ0n) is 16.6. The molecule has 2 aliphatic rings. The third-order valence-corrected chi connectivity index (χ3v) is 6.37. The molecule has 0 radical (unpaired) electrons. The van der Waals surface area contributed by atoms with Crippen molar-refractivity contribution in [1.29, 1.82) is 0 Å². The molecule has 0 bridgehead atoms. The molecule has 1 aromatic rings. The van der Waals surface area contributed by atoms with E-state index in [-0.39, 0.29) is 23.8 Å². The molecule has 0 spiro atoms. The lowest BCUT2D eigenvalue weighted by atomic mass is 9.81. The summed E-state index contributed by atoms with van der Waals surface area (Å²) in [6, 6.07) is 6.84. The third-order valence-electron chi connectivity index (χ3n) is 6.37. The second kappa shape index (κ2) is 9.38. The van der Waals surface area contributed by atoms with Crippen molar-refractivity contribution in [2.24, 2.45) is 23.7 Å². The number of carbonyl (C=O) groups excluding carboxylic acids is 2. The van der Waals surface area contributed by atoms with Gasteiger partial charge >= 0.3 is 11.9 Å². The lowest BCUT2D eigenvalue weighted by Crippen LogP contribution is -2.25. The van der Waals surface area contributed by atoms with Gasteiger partial charge in [-0.05, 0) is 87.5 Å².